The first-order valence-electron chi connectivity index (χ1n) is 9.49. The summed E-state index contributed by atoms with van der Waals surface area (Å²) in [6.07, 6.45) is 0. The standard InChI is InChI=1S/C21H20ClN5O3/c1-12-7-8-15(9-13(12)2)27-20(29)18-19(21(27)30)26(25-24-18)11-17(28)23-10-14-5-3-4-6-16(14)22/h3-9,18-19H,10-11H2,1-2H3,(H,23,28)/t18-,19+/m1/s1. The molecular weight excluding hydrogens is 406 g/mol. The topological polar surface area (TPSA) is 94.4 Å². The van der Waals surface area contributed by atoms with Gasteiger partial charge in [-0.05, 0) is 48.7 Å². The number of rotatable bonds is 5. The van der Waals surface area contributed by atoms with E-state index in [0.29, 0.717) is 10.7 Å². The van der Waals surface area contributed by atoms with Gasteiger partial charge in [0.2, 0.25) is 5.91 Å². The second-order valence-electron chi connectivity index (χ2n) is 7.34. The Labute approximate surface area is 178 Å². The van der Waals surface area contributed by atoms with Crippen LogP contribution in [0.1, 0.15) is 16.7 Å². The number of benzene rings is 2. The van der Waals surface area contributed by atoms with Crippen LogP contribution in [-0.4, -0.2) is 41.4 Å². The minimum Gasteiger partial charge on any atom is -0.350 e. The number of carbonyl (C=O) groups excluding carboxylic acids is 3. The fourth-order valence-electron chi connectivity index (χ4n) is 3.51. The van der Waals surface area contributed by atoms with E-state index in [2.05, 4.69) is 15.7 Å². The number of imide groups is 1. The first-order chi connectivity index (χ1) is 14.4. The molecule has 2 aromatic carbocycles. The summed E-state index contributed by atoms with van der Waals surface area (Å²) >= 11 is 6.10. The zero-order chi connectivity index (χ0) is 21.4. The van der Waals surface area contributed by atoms with Crippen molar-refractivity contribution in [3.63, 3.8) is 0 Å². The lowest BCUT2D eigenvalue weighted by Gasteiger charge is -2.20. The molecule has 0 saturated carbocycles. The smallest absolute Gasteiger partial charge is 0.263 e. The van der Waals surface area contributed by atoms with E-state index < -0.39 is 23.9 Å². The average Bonchev–Trinajstić information content (AvgIpc) is 3.23. The Bertz CT molecular complexity index is 1070. The van der Waals surface area contributed by atoms with Crippen LogP contribution in [0, 0.1) is 13.8 Å². The van der Waals surface area contributed by atoms with Gasteiger partial charge in [-0.3, -0.25) is 19.4 Å². The minimum atomic E-state index is -0.935. The molecule has 2 aromatic rings. The van der Waals surface area contributed by atoms with Gasteiger partial charge in [-0.25, -0.2) is 4.90 Å². The van der Waals surface area contributed by atoms with Crippen molar-refractivity contribution in [2.75, 3.05) is 11.4 Å². The van der Waals surface area contributed by atoms with E-state index in [0.717, 1.165) is 21.6 Å². The Hall–Kier alpha value is -3.26. The molecule has 0 radical (unpaired) electrons. The van der Waals surface area contributed by atoms with Crippen molar-refractivity contribution in [3.8, 4) is 0 Å². The summed E-state index contributed by atoms with van der Waals surface area (Å²) < 4.78 is 0. The van der Waals surface area contributed by atoms with Crippen molar-refractivity contribution in [2.24, 2.45) is 10.3 Å². The molecule has 0 aromatic heterocycles. The fraction of sp³-hybridized carbons (Fsp3) is 0.286. The van der Waals surface area contributed by atoms with Crippen LogP contribution in [0.15, 0.2) is 52.8 Å². The molecule has 154 valence electrons. The molecule has 30 heavy (non-hydrogen) atoms. The van der Waals surface area contributed by atoms with E-state index in [9.17, 15) is 14.4 Å². The fourth-order valence-corrected chi connectivity index (χ4v) is 3.71. The van der Waals surface area contributed by atoms with E-state index >= 15 is 0 Å². The molecule has 2 atom stereocenters. The first-order valence-corrected chi connectivity index (χ1v) is 9.87. The van der Waals surface area contributed by atoms with Gasteiger partial charge in [0.25, 0.3) is 11.8 Å². The van der Waals surface area contributed by atoms with Gasteiger partial charge in [0.15, 0.2) is 12.1 Å². The van der Waals surface area contributed by atoms with Crippen LogP contribution in [0.3, 0.4) is 0 Å². The maximum atomic E-state index is 13.0. The molecular formula is C21H20ClN5O3. The molecule has 1 fully saturated rings. The van der Waals surface area contributed by atoms with Gasteiger partial charge in [-0.15, -0.1) is 0 Å². The second-order valence-corrected chi connectivity index (χ2v) is 7.75. The number of fused-ring (bicyclic) bond motifs is 1. The van der Waals surface area contributed by atoms with Crippen molar-refractivity contribution in [2.45, 2.75) is 32.5 Å². The highest BCUT2D eigenvalue weighted by Crippen LogP contribution is 2.32. The lowest BCUT2D eigenvalue weighted by atomic mass is 10.1. The molecule has 1 N–H and O–H groups in total. The SMILES string of the molecule is Cc1ccc(N2C(=O)[C@@H]3[C@@H](N=NN3CC(=O)NCc3ccccc3Cl)C2=O)cc1C. The summed E-state index contributed by atoms with van der Waals surface area (Å²) in [7, 11) is 0. The normalized spacial score (nSPS) is 20.1. The van der Waals surface area contributed by atoms with Gasteiger partial charge >= 0.3 is 0 Å². The number of aryl methyl sites for hydroxylation is 2. The van der Waals surface area contributed by atoms with Gasteiger partial charge in [-0.1, -0.05) is 41.1 Å². The van der Waals surface area contributed by atoms with E-state index in [1.165, 1.54) is 5.01 Å². The van der Waals surface area contributed by atoms with Crippen molar-refractivity contribution in [1.29, 1.82) is 0 Å². The monoisotopic (exact) mass is 425 g/mol. The molecule has 0 aliphatic carbocycles. The molecule has 4 rings (SSSR count). The Morgan fingerprint density at radius 1 is 1.10 bits per heavy atom. The van der Waals surface area contributed by atoms with Crippen LogP contribution in [0.25, 0.3) is 0 Å². The number of anilines is 1. The Kier molecular flexibility index (Phi) is 5.26. The molecule has 2 aliphatic heterocycles. The lowest BCUT2D eigenvalue weighted by Crippen LogP contribution is -2.44. The predicted molar refractivity (Wildman–Crippen MR) is 111 cm³/mol. The molecule has 9 heteroatoms. The number of amides is 3. The van der Waals surface area contributed by atoms with Crippen molar-refractivity contribution >= 4 is 35.0 Å². The van der Waals surface area contributed by atoms with Crippen LogP contribution in [0.4, 0.5) is 5.69 Å². The Morgan fingerprint density at radius 3 is 2.60 bits per heavy atom. The van der Waals surface area contributed by atoms with E-state index in [1.807, 2.05) is 38.1 Å². The predicted octanol–water partition coefficient (Wildman–Crippen LogP) is 2.57. The Morgan fingerprint density at radius 2 is 1.87 bits per heavy atom. The van der Waals surface area contributed by atoms with E-state index in [1.54, 1.807) is 18.2 Å². The third-order valence-corrected chi connectivity index (χ3v) is 5.71. The molecule has 0 spiro atoms. The number of halogens is 1. The molecule has 2 heterocycles. The second kappa shape index (κ2) is 7.87. The zero-order valence-corrected chi connectivity index (χ0v) is 17.3. The molecule has 1 saturated heterocycles. The van der Waals surface area contributed by atoms with E-state index in [4.69, 9.17) is 11.6 Å². The number of nitrogens with zero attached hydrogens (tertiary/aromatic N) is 4. The van der Waals surface area contributed by atoms with Crippen LogP contribution in [0.2, 0.25) is 5.02 Å². The highest BCUT2D eigenvalue weighted by molar-refractivity contribution is 6.31. The van der Waals surface area contributed by atoms with Gasteiger partial charge < -0.3 is 5.32 Å². The summed E-state index contributed by atoms with van der Waals surface area (Å²) in [6, 6.07) is 10.7. The van der Waals surface area contributed by atoms with Gasteiger partial charge in [0.05, 0.1) is 5.69 Å². The van der Waals surface area contributed by atoms with Gasteiger partial charge in [0.1, 0.15) is 6.54 Å². The summed E-state index contributed by atoms with van der Waals surface area (Å²) in [6.45, 7) is 3.94. The number of nitrogens with one attached hydrogen (secondary N) is 1. The van der Waals surface area contributed by atoms with Crippen LogP contribution >= 0.6 is 11.6 Å². The van der Waals surface area contributed by atoms with Crippen molar-refractivity contribution in [3.05, 3.63) is 64.2 Å². The van der Waals surface area contributed by atoms with Crippen LogP contribution in [-0.2, 0) is 20.9 Å². The quantitative estimate of drug-likeness (QED) is 0.745. The van der Waals surface area contributed by atoms with Gasteiger partial charge in [0, 0.05) is 11.6 Å². The highest BCUT2D eigenvalue weighted by atomic mass is 35.5. The number of hydrogen-bond acceptors (Lipinski definition) is 6. The third kappa shape index (κ3) is 3.54. The maximum absolute atomic E-state index is 13.0. The summed E-state index contributed by atoms with van der Waals surface area (Å²) in [5.74, 6) is -1.22. The summed E-state index contributed by atoms with van der Waals surface area (Å²) in [4.78, 5) is 39.3. The molecule has 0 bridgehead atoms. The molecule has 8 nitrogen and oxygen atoms in total. The van der Waals surface area contributed by atoms with Crippen LogP contribution in [0.5, 0.6) is 0 Å². The largest absolute Gasteiger partial charge is 0.350 e. The highest BCUT2D eigenvalue weighted by Gasteiger charge is 2.55. The average molecular weight is 426 g/mol. The third-order valence-electron chi connectivity index (χ3n) is 5.35. The van der Waals surface area contributed by atoms with Crippen molar-refractivity contribution < 1.29 is 14.4 Å². The van der Waals surface area contributed by atoms with Crippen molar-refractivity contribution in [1.82, 2.24) is 10.3 Å². The van der Waals surface area contributed by atoms with E-state index in [-0.39, 0.29) is 19.0 Å². The Balaban J connectivity index is 1.45. The number of carbonyl (C=O) groups is 3. The number of hydrogen-bond donors (Lipinski definition) is 1. The molecule has 2 aliphatic rings. The molecule has 0 unspecified atom stereocenters. The lowest BCUT2D eigenvalue weighted by molar-refractivity contribution is -0.125. The maximum Gasteiger partial charge on any atom is 0.263 e. The molecule has 3 amide bonds. The van der Waals surface area contributed by atoms with Crippen LogP contribution < -0.4 is 10.2 Å². The summed E-state index contributed by atoms with van der Waals surface area (Å²) in [5.41, 5.74) is 3.32. The minimum absolute atomic E-state index is 0.186. The zero-order valence-electron chi connectivity index (χ0n) is 16.5. The van der Waals surface area contributed by atoms with Gasteiger partial charge in [-0.2, -0.15) is 5.11 Å². The first kappa shape index (κ1) is 20.0. The summed E-state index contributed by atoms with van der Waals surface area (Å²) in [5, 5.41) is 12.4.